The van der Waals surface area contributed by atoms with E-state index in [1.54, 1.807) is 6.92 Å². The maximum atomic E-state index is 11.3. The monoisotopic (exact) mass is 258 g/mol. The van der Waals surface area contributed by atoms with Gasteiger partial charge in [-0.1, -0.05) is 11.3 Å². The first-order valence-electron chi connectivity index (χ1n) is 5.16. The van der Waals surface area contributed by atoms with Gasteiger partial charge >= 0.3 is 0 Å². The average molecular weight is 258 g/mol. The van der Waals surface area contributed by atoms with E-state index in [0.29, 0.717) is 11.5 Å². The molecule has 0 unspecified atom stereocenters. The minimum absolute atomic E-state index is 0.0711. The molecule has 1 aromatic rings. The van der Waals surface area contributed by atoms with Gasteiger partial charge in [-0.3, -0.25) is 9.00 Å². The Hall–Kier alpha value is -0.750. The standard InChI is InChI=1S/C10H14N2O2S2/c1-7-9(8(2)13)15-10(11-7)12-3-5-16(14)6-4-12/h3-6H2,1-2H3. The van der Waals surface area contributed by atoms with Crippen LogP contribution in [0.2, 0.25) is 0 Å². The molecule has 16 heavy (non-hydrogen) atoms. The number of aromatic nitrogens is 1. The molecule has 0 aliphatic carbocycles. The molecule has 0 atom stereocenters. The average Bonchev–Trinajstić information content (AvgIpc) is 2.61. The van der Waals surface area contributed by atoms with E-state index >= 15 is 0 Å². The number of hydrogen-bond acceptors (Lipinski definition) is 5. The molecule has 0 amide bonds. The molecule has 1 aliphatic rings. The Bertz CT molecular complexity index is 432. The molecule has 88 valence electrons. The van der Waals surface area contributed by atoms with Gasteiger partial charge < -0.3 is 4.90 Å². The summed E-state index contributed by atoms with van der Waals surface area (Å²) in [5.41, 5.74) is 0.805. The molecular weight excluding hydrogens is 244 g/mol. The lowest BCUT2D eigenvalue weighted by Gasteiger charge is -2.25. The minimum atomic E-state index is -0.674. The maximum absolute atomic E-state index is 11.3. The Morgan fingerprint density at radius 1 is 1.44 bits per heavy atom. The quantitative estimate of drug-likeness (QED) is 0.749. The zero-order chi connectivity index (χ0) is 11.7. The topological polar surface area (TPSA) is 50.3 Å². The molecule has 6 heteroatoms. The summed E-state index contributed by atoms with van der Waals surface area (Å²) in [5.74, 6) is 1.48. The lowest BCUT2D eigenvalue weighted by molar-refractivity contribution is 0.102. The van der Waals surface area contributed by atoms with E-state index in [9.17, 15) is 9.00 Å². The fourth-order valence-corrected chi connectivity index (χ4v) is 3.74. The summed E-state index contributed by atoms with van der Waals surface area (Å²) >= 11 is 1.44. The lowest BCUT2D eigenvalue weighted by atomic mass is 10.3. The summed E-state index contributed by atoms with van der Waals surface area (Å²) in [6.45, 7) is 4.97. The Morgan fingerprint density at radius 3 is 2.56 bits per heavy atom. The van der Waals surface area contributed by atoms with Gasteiger partial charge in [0.05, 0.1) is 10.6 Å². The van der Waals surface area contributed by atoms with E-state index in [2.05, 4.69) is 9.88 Å². The first kappa shape index (κ1) is 11.7. The minimum Gasteiger partial charge on any atom is -0.346 e. The number of rotatable bonds is 2. The van der Waals surface area contributed by atoms with Gasteiger partial charge in [0.1, 0.15) is 0 Å². The highest BCUT2D eigenvalue weighted by atomic mass is 32.2. The van der Waals surface area contributed by atoms with Crippen molar-refractivity contribution in [3.8, 4) is 0 Å². The van der Waals surface area contributed by atoms with Crippen LogP contribution in [0.25, 0.3) is 0 Å². The van der Waals surface area contributed by atoms with E-state index in [0.717, 1.165) is 28.8 Å². The van der Waals surface area contributed by atoms with Crippen molar-refractivity contribution in [3.63, 3.8) is 0 Å². The number of aryl methyl sites for hydroxylation is 1. The first-order valence-corrected chi connectivity index (χ1v) is 7.46. The lowest BCUT2D eigenvalue weighted by Crippen LogP contribution is -2.37. The van der Waals surface area contributed by atoms with Crippen LogP contribution in [0.5, 0.6) is 0 Å². The van der Waals surface area contributed by atoms with Gasteiger partial charge in [0.2, 0.25) is 0 Å². The van der Waals surface area contributed by atoms with Crippen molar-refractivity contribution in [2.24, 2.45) is 0 Å². The van der Waals surface area contributed by atoms with Crippen LogP contribution in [0.1, 0.15) is 22.3 Å². The predicted octanol–water partition coefficient (Wildman–Crippen LogP) is 1.22. The van der Waals surface area contributed by atoms with Gasteiger partial charge in [-0.05, 0) is 6.92 Å². The number of Topliss-reactive ketones (excluding diaryl/α,β-unsaturated/α-hetero) is 1. The van der Waals surface area contributed by atoms with Gasteiger partial charge in [0.15, 0.2) is 10.9 Å². The summed E-state index contributed by atoms with van der Waals surface area (Å²) < 4.78 is 11.2. The largest absolute Gasteiger partial charge is 0.346 e. The van der Waals surface area contributed by atoms with Gasteiger partial charge in [0.25, 0.3) is 0 Å². The molecule has 0 spiro atoms. The highest BCUT2D eigenvalue weighted by Gasteiger charge is 2.20. The molecule has 0 aromatic carbocycles. The Balaban J connectivity index is 2.18. The van der Waals surface area contributed by atoms with E-state index in [4.69, 9.17) is 0 Å². The molecule has 1 aliphatic heterocycles. The second-order valence-electron chi connectivity index (χ2n) is 3.80. The number of anilines is 1. The molecule has 1 aromatic heterocycles. The molecular formula is C10H14N2O2S2. The fraction of sp³-hybridized carbons (Fsp3) is 0.600. The molecule has 4 nitrogen and oxygen atoms in total. The second kappa shape index (κ2) is 4.63. The zero-order valence-corrected chi connectivity index (χ0v) is 11.0. The third-order valence-corrected chi connectivity index (χ3v) is 5.15. The van der Waals surface area contributed by atoms with Crippen molar-refractivity contribution >= 4 is 33.1 Å². The van der Waals surface area contributed by atoms with Crippen LogP contribution in [0.4, 0.5) is 5.13 Å². The van der Waals surface area contributed by atoms with Gasteiger partial charge in [-0.25, -0.2) is 4.98 Å². The van der Waals surface area contributed by atoms with Crippen molar-refractivity contribution in [1.82, 2.24) is 4.98 Å². The molecule has 1 fully saturated rings. The molecule has 0 N–H and O–H groups in total. The summed E-state index contributed by atoms with van der Waals surface area (Å²) in [7, 11) is -0.674. The van der Waals surface area contributed by atoms with Crippen LogP contribution in [0.3, 0.4) is 0 Å². The molecule has 0 radical (unpaired) electrons. The number of carbonyl (C=O) groups is 1. The van der Waals surface area contributed by atoms with Crippen LogP contribution in [-0.4, -0.2) is 39.6 Å². The maximum Gasteiger partial charge on any atom is 0.186 e. The zero-order valence-electron chi connectivity index (χ0n) is 9.36. The Morgan fingerprint density at radius 2 is 2.06 bits per heavy atom. The normalized spacial score (nSPS) is 17.8. The van der Waals surface area contributed by atoms with Gasteiger partial charge in [0, 0.05) is 42.3 Å². The number of carbonyl (C=O) groups excluding carboxylic acids is 1. The van der Waals surface area contributed by atoms with Crippen molar-refractivity contribution in [2.45, 2.75) is 13.8 Å². The van der Waals surface area contributed by atoms with Crippen LogP contribution in [0.15, 0.2) is 0 Å². The summed E-state index contributed by atoms with van der Waals surface area (Å²) in [4.78, 5) is 18.6. The van der Waals surface area contributed by atoms with E-state index in [1.165, 1.54) is 11.3 Å². The Labute approximate surface area is 101 Å². The second-order valence-corrected chi connectivity index (χ2v) is 6.48. The van der Waals surface area contributed by atoms with Crippen molar-refractivity contribution in [1.29, 1.82) is 0 Å². The molecule has 2 heterocycles. The number of ketones is 1. The highest BCUT2D eigenvalue weighted by molar-refractivity contribution is 7.85. The SMILES string of the molecule is CC(=O)c1sc(N2CCS(=O)CC2)nc1C. The predicted molar refractivity (Wildman–Crippen MR) is 66.9 cm³/mol. The van der Waals surface area contributed by atoms with Crippen LogP contribution in [-0.2, 0) is 10.8 Å². The highest BCUT2D eigenvalue weighted by Crippen LogP contribution is 2.27. The van der Waals surface area contributed by atoms with E-state index in [1.807, 2.05) is 6.92 Å². The molecule has 1 saturated heterocycles. The van der Waals surface area contributed by atoms with Crippen molar-refractivity contribution in [3.05, 3.63) is 10.6 Å². The van der Waals surface area contributed by atoms with Gasteiger partial charge in [-0.2, -0.15) is 0 Å². The fourth-order valence-electron chi connectivity index (χ4n) is 1.67. The Kier molecular flexibility index (Phi) is 3.39. The van der Waals surface area contributed by atoms with Crippen LogP contribution in [0, 0.1) is 6.92 Å². The van der Waals surface area contributed by atoms with Crippen LogP contribution < -0.4 is 4.90 Å². The summed E-state index contributed by atoms with van der Waals surface area (Å²) in [6.07, 6.45) is 0. The summed E-state index contributed by atoms with van der Waals surface area (Å²) in [5, 5.41) is 0.888. The van der Waals surface area contributed by atoms with Gasteiger partial charge in [-0.15, -0.1) is 0 Å². The van der Waals surface area contributed by atoms with Crippen molar-refractivity contribution in [2.75, 3.05) is 29.5 Å². The third-order valence-electron chi connectivity index (χ3n) is 2.55. The van der Waals surface area contributed by atoms with E-state index < -0.39 is 10.8 Å². The first-order chi connectivity index (χ1) is 7.58. The number of thiazole rings is 1. The smallest absolute Gasteiger partial charge is 0.186 e. The number of nitrogens with zero attached hydrogens (tertiary/aromatic N) is 2. The number of hydrogen-bond donors (Lipinski definition) is 0. The summed E-state index contributed by atoms with van der Waals surface area (Å²) in [6, 6.07) is 0. The van der Waals surface area contributed by atoms with Crippen molar-refractivity contribution < 1.29 is 9.00 Å². The molecule has 2 rings (SSSR count). The van der Waals surface area contributed by atoms with Crippen LogP contribution >= 0.6 is 11.3 Å². The molecule has 0 bridgehead atoms. The third kappa shape index (κ3) is 2.32. The molecule has 0 saturated carbocycles. The van der Waals surface area contributed by atoms with E-state index in [-0.39, 0.29) is 5.78 Å².